The number of benzene rings is 2. The quantitative estimate of drug-likeness (QED) is 0.0125. The number of aliphatic hydroxyl groups is 5. The number of fused-ring (bicyclic) bond motifs is 2. The monoisotopic (exact) mass is 1970 g/mol. The molecule has 43 heteroatoms. The number of nitrogens with zero attached hydrogens (tertiary/aromatic N) is 2. The SMILES string of the molecule is CCN(C(=O)OCc1ccc(NC(=O)[C@H](CCCNC(N)=O)NC(=O)[C@@H](NC(=O)[C@H](CCCCN)NC(C)=O)C(C)C)cc1)[C@H]1CO[C@@H](O[C@H]2[C@H](O[C@H]3C#CC=CC#C[C@]4(O)CC(=O)C(NC(=O)OC)=C3/C4=C\CSSc3ccccn3)O[C@H](C)[C@@H](NO[C@H]3C[C@H](O)[C@H](SC(=O)c4c(C)c(I)c(O[C@@H]5O[C@@H](C)[C@H](O)[C@@H](OC)[C@H]5O)c(OC)c4OC)[C@@H](C)O3)[C@@H]2O)C[C@@H]1OC. The smallest absolute Gasteiger partial charge is 0.411 e. The number of ketones is 1. The average Bonchev–Trinajstić information content (AvgIpc) is 0.748. The van der Waals surface area contributed by atoms with E-state index in [2.05, 4.69) is 66.0 Å². The summed E-state index contributed by atoms with van der Waals surface area (Å²) in [4.78, 5) is 134. The summed E-state index contributed by atoms with van der Waals surface area (Å²) in [7, 11) is 9.18. The van der Waals surface area contributed by atoms with Crippen LogP contribution in [0.1, 0.15) is 121 Å². The van der Waals surface area contributed by atoms with E-state index in [0.717, 1.165) is 18.9 Å². The van der Waals surface area contributed by atoms with Gasteiger partial charge in [0.25, 0.3) is 0 Å². The number of thioether (sulfide) groups is 1. The second-order valence-corrected chi connectivity index (χ2v) is 35.9. The van der Waals surface area contributed by atoms with Gasteiger partial charge in [-0.25, -0.2) is 19.4 Å². The molecule has 8 amide bonds. The molecule has 4 fully saturated rings. The van der Waals surface area contributed by atoms with Gasteiger partial charge in [0.15, 0.2) is 41.8 Å². The highest BCUT2D eigenvalue weighted by molar-refractivity contribution is 14.1. The molecule has 2 bridgehead atoms. The molecule has 39 nitrogen and oxygen atoms in total. The predicted octanol–water partition coefficient (Wildman–Crippen LogP) is 4.07. The van der Waals surface area contributed by atoms with Gasteiger partial charge in [-0.15, -0.1) is 0 Å². The van der Waals surface area contributed by atoms with Crippen LogP contribution in [0, 0.1) is 40.1 Å². The van der Waals surface area contributed by atoms with Crippen LogP contribution in [0.25, 0.3) is 0 Å². The van der Waals surface area contributed by atoms with Crippen LogP contribution in [0.15, 0.2) is 88.8 Å². The van der Waals surface area contributed by atoms with Crippen molar-refractivity contribution in [1.82, 2.24) is 41.9 Å². The topological polar surface area (TPSA) is 536 Å². The fourth-order valence-electron chi connectivity index (χ4n) is 15.2. The number of hydroxylamine groups is 1. The van der Waals surface area contributed by atoms with Crippen LogP contribution < -0.4 is 63.1 Å². The first-order chi connectivity index (χ1) is 61.6. The van der Waals surface area contributed by atoms with Crippen LogP contribution in [-0.4, -0.2) is 289 Å². The highest BCUT2D eigenvalue weighted by Gasteiger charge is 2.53. The summed E-state index contributed by atoms with van der Waals surface area (Å²) >= 11 is 2.75. The number of allylic oxidation sites excluding steroid dienone is 3. The third-order valence-electron chi connectivity index (χ3n) is 22.0. The van der Waals surface area contributed by atoms with E-state index in [9.17, 15) is 68.7 Å². The molecule has 5 heterocycles. The number of Topliss-reactive ketones (excluding diaryl/α,β-unsaturated/α-hetero) is 1. The maximum Gasteiger partial charge on any atom is 0.411 e. The van der Waals surface area contributed by atoms with Gasteiger partial charge in [-0.1, -0.05) is 84.4 Å². The normalized spacial score (nSPS) is 27.7. The van der Waals surface area contributed by atoms with E-state index < -0.39 is 198 Å². The fourth-order valence-corrected chi connectivity index (χ4v) is 18.7. The Balaban J connectivity index is 0.925. The minimum Gasteiger partial charge on any atom is -0.492 e. The molecular weight excluding hydrogens is 1860 g/mol. The van der Waals surface area contributed by atoms with Crippen molar-refractivity contribution in [1.29, 1.82) is 0 Å². The van der Waals surface area contributed by atoms with E-state index >= 15 is 0 Å². The number of methoxy groups -OCH3 is 5. The number of ether oxygens (including phenoxy) is 13. The van der Waals surface area contributed by atoms with Crippen LogP contribution in [0.3, 0.4) is 0 Å². The number of carbonyl (C=O) groups is 9. The number of carbonyl (C=O) groups excluding carboxylic acids is 9. The van der Waals surface area contributed by atoms with Gasteiger partial charge >= 0.3 is 18.2 Å². The van der Waals surface area contributed by atoms with Crippen LogP contribution in [0.2, 0.25) is 0 Å². The lowest BCUT2D eigenvalue weighted by molar-refractivity contribution is -0.337. The van der Waals surface area contributed by atoms with Gasteiger partial charge in [0.1, 0.15) is 66.4 Å². The van der Waals surface area contributed by atoms with E-state index in [1.165, 1.54) is 74.0 Å². The van der Waals surface area contributed by atoms with Crippen molar-refractivity contribution in [3.05, 3.63) is 104 Å². The molecule has 22 atom stereocenters. The Bertz CT molecular complexity index is 4610. The Morgan fingerprint density at radius 1 is 0.791 bits per heavy atom. The highest BCUT2D eigenvalue weighted by Crippen LogP contribution is 2.50. The summed E-state index contributed by atoms with van der Waals surface area (Å²) in [6.45, 7) is 12.9. The summed E-state index contributed by atoms with van der Waals surface area (Å²) in [5.41, 5.74) is 12.4. The molecule has 4 aliphatic heterocycles. The number of pyridine rings is 1. The van der Waals surface area contributed by atoms with Crippen LogP contribution in [0.5, 0.6) is 17.2 Å². The van der Waals surface area contributed by atoms with Crippen LogP contribution in [-0.2, 0) is 82.8 Å². The molecule has 708 valence electrons. The van der Waals surface area contributed by atoms with Crippen molar-refractivity contribution in [2.75, 3.05) is 72.9 Å². The maximum absolute atomic E-state index is 14.7. The molecular formula is C86H116IN11O28S3. The molecule has 16 N–H and O–H groups in total. The number of amides is 8. The number of rotatable bonds is 40. The number of alkyl carbamates (subject to hydrolysis) is 1. The van der Waals surface area contributed by atoms with Crippen molar-refractivity contribution in [3.8, 4) is 40.9 Å². The van der Waals surface area contributed by atoms with Crippen LogP contribution in [0.4, 0.5) is 20.1 Å². The lowest BCUT2D eigenvalue weighted by Crippen LogP contribution is -2.65. The average molecular weight is 1980 g/mol. The number of aliphatic hydroxyl groups excluding tert-OH is 4. The number of anilines is 1. The van der Waals surface area contributed by atoms with Crippen molar-refractivity contribution in [3.63, 3.8) is 0 Å². The predicted molar refractivity (Wildman–Crippen MR) is 479 cm³/mol. The number of urea groups is 1. The Morgan fingerprint density at radius 2 is 1.50 bits per heavy atom. The molecule has 2 aliphatic carbocycles. The summed E-state index contributed by atoms with van der Waals surface area (Å²) in [5, 5.41) is 74.6. The third-order valence-corrected chi connectivity index (χ3v) is 26.8. The lowest BCUT2D eigenvalue weighted by atomic mass is 9.75. The summed E-state index contributed by atoms with van der Waals surface area (Å²) in [6, 6.07) is 5.57. The van der Waals surface area contributed by atoms with E-state index in [0.29, 0.717) is 44.8 Å². The molecule has 0 radical (unpaired) electrons. The first-order valence-corrected chi connectivity index (χ1v) is 46.2. The van der Waals surface area contributed by atoms with Gasteiger partial charge in [0.05, 0.1) is 97.0 Å². The van der Waals surface area contributed by atoms with Gasteiger partial charge in [0.2, 0.25) is 40.8 Å². The number of hydrogen-bond donors (Lipinski definition) is 14. The number of nitrogens with two attached hydrogens (primary N) is 2. The molecule has 129 heavy (non-hydrogen) atoms. The Kier molecular flexibility index (Phi) is 40.3. The Labute approximate surface area is 773 Å². The van der Waals surface area contributed by atoms with Gasteiger partial charge < -0.3 is 130 Å². The molecule has 1 aromatic heterocycles. The van der Waals surface area contributed by atoms with Crippen molar-refractivity contribution in [2.45, 2.75) is 252 Å². The molecule has 6 aliphatic rings. The van der Waals surface area contributed by atoms with Crippen molar-refractivity contribution < 1.29 is 135 Å². The summed E-state index contributed by atoms with van der Waals surface area (Å²) in [6.07, 6.45) is -14.5. The number of halogens is 1. The molecule has 0 spiro atoms. The summed E-state index contributed by atoms with van der Waals surface area (Å²) < 4.78 is 79.7. The fraction of sp³-hybridized carbons (Fsp3) is 0.581. The Hall–Kier alpha value is -8.50. The molecule has 3 aromatic rings. The molecule has 9 rings (SSSR count). The number of aromatic nitrogens is 1. The largest absolute Gasteiger partial charge is 0.492 e. The van der Waals surface area contributed by atoms with E-state index in [1.807, 2.05) is 34.7 Å². The first kappa shape index (κ1) is 104. The maximum atomic E-state index is 14.7. The zero-order valence-corrected chi connectivity index (χ0v) is 78.3. The molecule has 0 unspecified atom stereocenters. The highest BCUT2D eigenvalue weighted by atomic mass is 127. The van der Waals surface area contributed by atoms with Crippen molar-refractivity contribution in [2.24, 2.45) is 17.4 Å². The first-order valence-electron chi connectivity index (χ1n) is 41.9. The van der Waals surface area contributed by atoms with E-state index in [4.69, 9.17) is 77.9 Å². The number of nitrogens with one attached hydrogen (secondary N) is 7. The standard InChI is InChI=1S/C86H116IN11O28S3/c1-14-98(85(111)119-41-49-28-30-50(31-29-49)93-77(105)53(25-23-36-91-83(89)109)94-79(107)65(43(2)3)95-78(106)52(92-48(8)99)24-18-21-34-88)54-42-118-60(39-58(54)113-9)124-74-69(103)66(45(5)121-82(74)123-57-26-17-15-16-20-33-86(112)40-56(101)67(96-84(110)117-13)63(57)51(86)32-37-127-129-59-27-19-22-35-90-59)97-126-61-38-55(100)76(47(7)120-61)128-80(108)62-44(4)64(87)72(75(116-12)71(62)114-10)125-81-70(104)73(115-11)68(102)46(6)122-81/h15-16,19,22,27-32,35,43,45-47,52-55,57-58,60-61,65-66,68-70,73-74,76,81-82,97,100,102-104,112H,14,18,21,23-25,34,36-42,88H2,1-13H3,(H,92,99)(H,93,105)(H,94,107)(H,95,106)(H,96,110)(H3,89,91,109)/b16-15?,51-32+/t45-,46+,47-,52+,53+,54+,55+,57+,58+,60+,61+,65+,66-,68+,69+,70-,73-,74-,76-,81+,82+,86+/m1/s1. The van der Waals surface area contributed by atoms with Gasteiger partial charge in [-0.3, -0.25) is 38.9 Å². The lowest BCUT2D eigenvalue weighted by Gasteiger charge is -2.47. The van der Waals surface area contributed by atoms with E-state index in [-0.39, 0.29) is 104 Å². The van der Waals surface area contributed by atoms with Gasteiger partial charge in [-0.05, 0) is 160 Å². The second-order valence-electron chi connectivity index (χ2n) is 31.3. The molecule has 2 aromatic carbocycles. The van der Waals surface area contributed by atoms with Crippen LogP contribution >= 0.6 is 55.9 Å². The number of likely N-dealkylation sites (N-methyl/N-ethyl adjacent to an activating group) is 1. The Morgan fingerprint density at radius 3 is 2.16 bits per heavy atom. The van der Waals surface area contributed by atoms with E-state index in [1.54, 1.807) is 91.1 Å². The zero-order chi connectivity index (χ0) is 94.1. The van der Waals surface area contributed by atoms with Crippen molar-refractivity contribution >= 4 is 114 Å². The number of hydrogen-bond acceptors (Lipinski definition) is 34. The molecule has 4 saturated heterocycles. The van der Waals surface area contributed by atoms with Gasteiger partial charge in [-0.2, -0.15) is 5.48 Å². The minimum absolute atomic E-state index is 0.0123. The number of primary amides is 1. The summed E-state index contributed by atoms with van der Waals surface area (Å²) in [5.74, 6) is 8.06. The third kappa shape index (κ3) is 27.6. The zero-order valence-electron chi connectivity index (χ0n) is 73.7. The number of unbranched alkanes of at least 4 members (excludes halogenated alkanes) is 1. The van der Waals surface area contributed by atoms with Gasteiger partial charge in [0, 0.05) is 75.9 Å². The minimum atomic E-state index is -2.21. The molecule has 0 saturated carbocycles. The second kappa shape index (κ2) is 49.8.